The molecule has 0 rings (SSSR count). The predicted molar refractivity (Wildman–Crippen MR) is 115 cm³/mol. The Balaban J connectivity index is 0. The second-order valence-electron chi connectivity index (χ2n) is 6.30. The van der Waals surface area contributed by atoms with Crippen molar-refractivity contribution in [1.82, 2.24) is 6.15 Å². The number of ether oxygens (including phenoxy) is 2. The minimum Gasteiger partial charge on any atom is -0.463 e. The first-order chi connectivity index (χ1) is 13.9. The number of carbonyl (C=O) groups is 2. The van der Waals surface area contributed by atoms with E-state index in [0.29, 0.717) is 26.1 Å². The SMILES string of the molecule is CC=CC(=O)OCCCCCCOP(=O)(O)OCCCCCCOC(=O)C=CC.N. The Kier molecular flexibility index (Phi) is 21.2. The molecule has 0 aliphatic heterocycles. The van der Waals surface area contributed by atoms with Crippen molar-refractivity contribution in [3.8, 4) is 0 Å². The molecule has 0 saturated carbocycles. The molecule has 0 atom stereocenters. The quantitative estimate of drug-likeness (QED) is 0.132. The molecule has 0 aliphatic rings. The summed E-state index contributed by atoms with van der Waals surface area (Å²) < 4.78 is 31.5. The Morgan fingerprint density at radius 1 is 0.700 bits per heavy atom. The summed E-state index contributed by atoms with van der Waals surface area (Å²) in [6.45, 7) is 4.51. The number of phosphoric acid groups is 1. The fraction of sp³-hybridized carbons (Fsp3) is 0.700. The second-order valence-corrected chi connectivity index (χ2v) is 7.75. The van der Waals surface area contributed by atoms with Gasteiger partial charge in [0.15, 0.2) is 0 Å². The highest BCUT2D eigenvalue weighted by Crippen LogP contribution is 2.43. The van der Waals surface area contributed by atoms with Gasteiger partial charge in [-0.05, 0) is 52.4 Å². The third-order valence-corrected chi connectivity index (χ3v) is 4.70. The summed E-state index contributed by atoms with van der Waals surface area (Å²) in [5.74, 6) is -0.691. The first kappa shape index (κ1) is 30.7. The highest BCUT2D eigenvalue weighted by molar-refractivity contribution is 7.47. The average molecular weight is 451 g/mol. The van der Waals surface area contributed by atoms with Crippen LogP contribution < -0.4 is 6.15 Å². The van der Waals surface area contributed by atoms with Crippen LogP contribution in [0.15, 0.2) is 24.3 Å². The van der Waals surface area contributed by atoms with Gasteiger partial charge in [0.25, 0.3) is 0 Å². The fourth-order valence-electron chi connectivity index (χ4n) is 2.23. The standard InChI is InChI=1S/C20H35O8P.H3N/c1-3-13-19(21)25-15-9-5-7-11-17-27-29(23,24)28-18-12-8-6-10-16-26-20(22)14-4-2;/h3-4,13-14H,5-12,15-18H2,1-2H3,(H,23,24);1H3. The molecule has 0 aliphatic carbocycles. The van der Waals surface area contributed by atoms with Crippen LogP contribution >= 0.6 is 7.82 Å². The van der Waals surface area contributed by atoms with Crippen LogP contribution in [0.4, 0.5) is 0 Å². The minimum absolute atomic E-state index is 0. The van der Waals surface area contributed by atoms with Crippen molar-refractivity contribution < 1.29 is 37.6 Å². The molecule has 0 unspecified atom stereocenters. The Labute approximate surface area is 180 Å². The number of hydrogen-bond donors (Lipinski definition) is 2. The average Bonchev–Trinajstić information content (AvgIpc) is 2.66. The summed E-state index contributed by atoms with van der Waals surface area (Å²) in [6, 6.07) is 0. The van der Waals surface area contributed by atoms with Crippen LogP contribution in [0.25, 0.3) is 0 Å². The number of phosphoric ester groups is 1. The first-order valence-electron chi connectivity index (χ1n) is 10.1. The van der Waals surface area contributed by atoms with E-state index in [4.69, 9.17) is 18.5 Å². The second kappa shape index (κ2) is 20.8. The lowest BCUT2D eigenvalue weighted by molar-refractivity contribution is -0.138. The lowest BCUT2D eigenvalue weighted by atomic mass is 10.2. The van der Waals surface area contributed by atoms with E-state index in [2.05, 4.69) is 0 Å². The van der Waals surface area contributed by atoms with Crippen molar-refractivity contribution >= 4 is 19.8 Å². The lowest BCUT2D eigenvalue weighted by Gasteiger charge is -2.12. The van der Waals surface area contributed by atoms with Crippen LogP contribution in [-0.4, -0.2) is 43.3 Å². The smallest absolute Gasteiger partial charge is 0.463 e. The zero-order valence-corrected chi connectivity index (χ0v) is 19.1. The topological polar surface area (TPSA) is 143 Å². The molecule has 0 radical (unpaired) electrons. The normalized spacial score (nSPS) is 13.2. The fourth-order valence-corrected chi connectivity index (χ4v) is 3.02. The maximum Gasteiger partial charge on any atom is 0.472 e. The van der Waals surface area contributed by atoms with Crippen LogP contribution in [-0.2, 0) is 32.7 Å². The van der Waals surface area contributed by atoms with Crippen LogP contribution in [0, 0.1) is 0 Å². The molecule has 30 heavy (non-hydrogen) atoms. The largest absolute Gasteiger partial charge is 0.472 e. The van der Waals surface area contributed by atoms with E-state index >= 15 is 0 Å². The maximum absolute atomic E-state index is 11.7. The molecule has 0 aromatic rings. The molecule has 4 N–H and O–H groups in total. The van der Waals surface area contributed by atoms with E-state index in [0.717, 1.165) is 38.5 Å². The van der Waals surface area contributed by atoms with Gasteiger partial charge in [-0.3, -0.25) is 9.05 Å². The Morgan fingerprint density at radius 2 is 1.03 bits per heavy atom. The van der Waals surface area contributed by atoms with Crippen LogP contribution in [0.2, 0.25) is 0 Å². The van der Waals surface area contributed by atoms with Crippen molar-refractivity contribution in [2.24, 2.45) is 0 Å². The summed E-state index contributed by atoms with van der Waals surface area (Å²) in [5.41, 5.74) is 0. The summed E-state index contributed by atoms with van der Waals surface area (Å²) in [7, 11) is -4.01. The van der Waals surface area contributed by atoms with Crippen molar-refractivity contribution in [3.05, 3.63) is 24.3 Å². The highest BCUT2D eigenvalue weighted by Gasteiger charge is 2.19. The Hall–Kier alpha value is -1.51. The molecule has 0 fully saturated rings. The van der Waals surface area contributed by atoms with Crippen molar-refractivity contribution in [1.29, 1.82) is 0 Å². The molecule has 0 spiro atoms. The first-order valence-corrected chi connectivity index (χ1v) is 11.6. The lowest BCUT2D eigenvalue weighted by Crippen LogP contribution is -2.03. The molecule has 0 amide bonds. The molecule has 10 heteroatoms. The van der Waals surface area contributed by atoms with Crippen molar-refractivity contribution in [2.75, 3.05) is 26.4 Å². The number of carbonyl (C=O) groups excluding carboxylic acids is 2. The summed E-state index contributed by atoms with van der Waals surface area (Å²) in [5, 5.41) is 0. The molecule has 176 valence electrons. The number of esters is 2. The maximum atomic E-state index is 11.7. The van der Waals surface area contributed by atoms with E-state index in [1.807, 2.05) is 0 Å². The monoisotopic (exact) mass is 451 g/mol. The third kappa shape index (κ3) is 21.2. The predicted octanol–water partition coefficient (Wildman–Crippen LogP) is 4.64. The van der Waals surface area contributed by atoms with Gasteiger partial charge in [-0.2, -0.15) is 0 Å². The van der Waals surface area contributed by atoms with Gasteiger partial charge in [-0.1, -0.05) is 25.0 Å². The summed E-state index contributed by atoms with van der Waals surface area (Å²) in [4.78, 5) is 31.8. The van der Waals surface area contributed by atoms with Crippen molar-refractivity contribution in [3.63, 3.8) is 0 Å². The summed E-state index contributed by atoms with van der Waals surface area (Å²) >= 11 is 0. The number of unbranched alkanes of at least 4 members (excludes halogenated alkanes) is 6. The molecule has 0 saturated heterocycles. The zero-order chi connectivity index (χ0) is 21.8. The molecule has 0 aromatic heterocycles. The van der Waals surface area contributed by atoms with Crippen molar-refractivity contribution in [2.45, 2.75) is 65.2 Å². The molecular weight excluding hydrogens is 413 g/mol. The van der Waals surface area contributed by atoms with E-state index < -0.39 is 7.82 Å². The van der Waals surface area contributed by atoms with Gasteiger partial charge in [0, 0.05) is 12.2 Å². The molecule has 0 heterocycles. The molecule has 9 nitrogen and oxygen atoms in total. The highest BCUT2D eigenvalue weighted by atomic mass is 31.2. The van der Waals surface area contributed by atoms with E-state index in [-0.39, 0.29) is 31.3 Å². The van der Waals surface area contributed by atoms with Gasteiger partial charge in [-0.25, -0.2) is 14.2 Å². The van der Waals surface area contributed by atoms with Gasteiger partial charge in [0.1, 0.15) is 0 Å². The van der Waals surface area contributed by atoms with E-state index in [9.17, 15) is 19.0 Å². The number of rotatable bonds is 18. The van der Waals surface area contributed by atoms with Crippen LogP contribution in [0.3, 0.4) is 0 Å². The molecule has 0 bridgehead atoms. The van der Waals surface area contributed by atoms with E-state index in [1.165, 1.54) is 12.2 Å². The third-order valence-electron chi connectivity index (χ3n) is 3.68. The number of allylic oxidation sites excluding steroid dienone is 2. The number of hydrogen-bond acceptors (Lipinski definition) is 8. The van der Waals surface area contributed by atoms with Gasteiger partial charge < -0.3 is 20.5 Å². The Morgan fingerprint density at radius 3 is 1.37 bits per heavy atom. The van der Waals surface area contributed by atoms with Gasteiger partial charge in [-0.15, -0.1) is 0 Å². The van der Waals surface area contributed by atoms with E-state index in [1.54, 1.807) is 26.0 Å². The van der Waals surface area contributed by atoms with Crippen LogP contribution in [0.5, 0.6) is 0 Å². The van der Waals surface area contributed by atoms with Gasteiger partial charge >= 0.3 is 19.8 Å². The Bertz CT molecular complexity index is 507. The summed E-state index contributed by atoms with van der Waals surface area (Å²) in [6.07, 6.45) is 12.0. The van der Waals surface area contributed by atoms with Gasteiger partial charge in [0.05, 0.1) is 26.4 Å². The molecular formula is C20H38NO8P. The molecule has 0 aromatic carbocycles. The minimum atomic E-state index is -4.01. The van der Waals surface area contributed by atoms with Gasteiger partial charge in [0.2, 0.25) is 0 Å². The zero-order valence-electron chi connectivity index (χ0n) is 18.3. The van der Waals surface area contributed by atoms with Crippen LogP contribution in [0.1, 0.15) is 65.2 Å².